The summed E-state index contributed by atoms with van der Waals surface area (Å²) < 4.78 is 0. The molecule has 2 aromatic heterocycles. The van der Waals surface area contributed by atoms with E-state index in [9.17, 15) is 0 Å². The van der Waals surface area contributed by atoms with Crippen LogP contribution < -0.4 is 10.6 Å². The molecule has 2 N–H and O–H groups in total. The molecule has 1 aliphatic rings. The van der Waals surface area contributed by atoms with Gasteiger partial charge in [0.2, 0.25) is 5.95 Å². The second kappa shape index (κ2) is 5.22. The lowest BCUT2D eigenvalue weighted by Gasteiger charge is -2.23. The van der Waals surface area contributed by atoms with Crippen LogP contribution in [0, 0.1) is 6.92 Å². The van der Waals surface area contributed by atoms with E-state index in [4.69, 9.17) is 5.73 Å². The first-order chi connectivity index (χ1) is 9.28. The Hall–Kier alpha value is -1.53. The Morgan fingerprint density at radius 3 is 3.05 bits per heavy atom. The minimum atomic E-state index is 0.368. The number of hydrogen-bond acceptors (Lipinski definition) is 6. The number of rotatable bonds is 3. The molecule has 0 spiro atoms. The molecule has 0 bridgehead atoms. The second-order valence-electron chi connectivity index (χ2n) is 4.72. The molecule has 1 fully saturated rings. The molecule has 0 saturated carbocycles. The molecule has 1 aliphatic heterocycles. The first-order valence-corrected chi connectivity index (χ1v) is 7.38. The third-order valence-corrected chi connectivity index (χ3v) is 4.20. The predicted octanol–water partition coefficient (Wildman–Crippen LogP) is 1.84. The van der Waals surface area contributed by atoms with E-state index in [0.29, 0.717) is 12.6 Å². The quantitative estimate of drug-likeness (QED) is 0.925. The molecule has 0 amide bonds. The zero-order chi connectivity index (χ0) is 13.2. The first-order valence-electron chi connectivity index (χ1n) is 6.50. The van der Waals surface area contributed by atoms with Gasteiger partial charge in [-0.2, -0.15) is 0 Å². The van der Waals surface area contributed by atoms with Crippen LogP contribution in [0.4, 0.5) is 5.95 Å². The maximum absolute atomic E-state index is 5.81. The van der Waals surface area contributed by atoms with Crippen LogP contribution >= 0.6 is 11.3 Å². The first kappa shape index (κ1) is 12.5. The molecule has 19 heavy (non-hydrogen) atoms. The molecule has 100 valence electrons. The normalized spacial score (nSPS) is 19.1. The highest BCUT2D eigenvalue weighted by molar-refractivity contribution is 7.09. The average molecular weight is 275 g/mol. The predicted molar refractivity (Wildman–Crippen MR) is 77.3 cm³/mol. The molecule has 2 aromatic rings. The van der Waals surface area contributed by atoms with Crippen molar-refractivity contribution in [2.75, 3.05) is 18.0 Å². The second-order valence-corrected chi connectivity index (χ2v) is 5.78. The number of nitrogens with zero attached hydrogens (tertiary/aromatic N) is 4. The molecule has 5 nitrogen and oxygen atoms in total. The van der Waals surface area contributed by atoms with E-state index < -0.39 is 0 Å². The maximum Gasteiger partial charge on any atom is 0.226 e. The van der Waals surface area contributed by atoms with Gasteiger partial charge in [0.1, 0.15) is 5.69 Å². The van der Waals surface area contributed by atoms with Gasteiger partial charge in [0, 0.05) is 30.7 Å². The number of nitrogens with two attached hydrogens (primary N) is 1. The number of aryl methyl sites for hydroxylation is 1. The number of hydrogen-bond donors (Lipinski definition) is 1. The lowest BCUT2D eigenvalue weighted by molar-refractivity contribution is 0.664. The minimum Gasteiger partial charge on any atom is -0.337 e. The third kappa shape index (κ3) is 2.46. The van der Waals surface area contributed by atoms with Crippen molar-refractivity contribution in [3.8, 4) is 11.4 Å². The Kier molecular flexibility index (Phi) is 3.44. The van der Waals surface area contributed by atoms with Crippen molar-refractivity contribution in [1.82, 2.24) is 15.0 Å². The third-order valence-electron chi connectivity index (χ3n) is 3.43. The molecule has 3 rings (SSSR count). The van der Waals surface area contributed by atoms with Gasteiger partial charge in [-0.1, -0.05) is 0 Å². The number of aromatic nitrogens is 3. The molecule has 0 aromatic carbocycles. The van der Waals surface area contributed by atoms with E-state index >= 15 is 0 Å². The van der Waals surface area contributed by atoms with Crippen LogP contribution in [-0.4, -0.2) is 34.1 Å². The van der Waals surface area contributed by atoms with Crippen LogP contribution in [0.3, 0.4) is 0 Å². The minimum absolute atomic E-state index is 0.368. The summed E-state index contributed by atoms with van der Waals surface area (Å²) >= 11 is 1.64. The molecule has 1 atom stereocenters. The van der Waals surface area contributed by atoms with E-state index in [1.165, 1.54) is 0 Å². The van der Waals surface area contributed by atoms with Gasteiger partial charge in [0.25, 0.3) is 0 Å². The van der Waals surface area contributed by atoms with Gasteiger partial charge in [-0.25, -0.2) is 15.0 Å². The molecule has 1 unspecified atom stereocenters. The fraction of sp³-hybridized carbons (Fsp3) is 0.462. The molecule has 0 radical (unpaired) electrons. The summed E-state index contributed by atoms with van der Waals surface area (Å²) in [6.07, 6.45) is 4.09. The Morgan fingerprint density at radius 2 is 2.32 bits per heavy atom. The van der Waals surface area contributed by atoms with E-state index in [2.05, 4.69) is 19.9 Å². The van der Waals surface area contributed by atoms with Crippen LogP contribution in [0.5, 0.6) is 0 Å². The fourth-order valence-corrected chi connectivity index (χ4v) is 3.06. The van der Waals surface area contributed by atoms with Crippen molar-refractivity contribution in [2.24, 2.45) is 5.73 Å². The molecule has 1 saturated heterocycles. The monoisotopic (exact) mass is 275 g/mol. The molecular weight excluding hydrogens is 258 g/mol. The largest absolute Gasteiger partial charge is 0.337 e. The highest BCUT2D eigenvalue weighted by Crippen LogP contribution is 2.25. The summed E-state index contributed by atoms with van der Waals surface area (Å²) in [5.41, 5.74) is 7.62. The molecule has 6 heteroatoms. The van der Waals surface area contributed by atoms with Gasteiger partial charge >= 0.3 is 0 Å². The summed E-state index contributed by atoms with van der Waals surface area (Å²) in [6.45, 7) is 3.64. The van der Waals surface area contributed by atoms with Crippen LogP contribution in [0.2, 0.25) is 0 Å². The molecule has 3 heterocycles. The zero-order valence-electron chi connectivity index (χ0n) is 10.9. The lowest BCUT2D eigenvalue weighted by Crippen LogP contribution is -2.36. The summed E-state index contributed by atoms with van der Waals surface area (Å²) in [7, 11) is 0. The Labute approximate surface area is 116 Å². The summed E-state index contributed by atoms with van der Waals surface area (Å²) in [5, 5.41) is 3.09. The fourth-order valence-electron chi connectivity index (χ4n) is 2.45. The van der Waals surface area contributed by atoms with E-state index in [-0.39, 0.29) is 0 Å². The lowest BCUT2D eigenvalue weighted by atomic mass is 10.2. The van der Waals surface area contributed by atoms with Crippen LogP contribution in [0.25, 0.3) is 11.4 Å². The Morgan fingerprint density at radius 1 is 1.42 bits per heavy atom. The van der Waals surface area contributed by atoms with Crippen molar-refractivity contribution in [3.05, 3.63) is 22.7 Å². The molecular formula is C13H17N5S. The van der Waals surface area contributed by atoms with Crippen molar-refractivity contribution in [2.45, 2.75) is 25.8 Å². The van der Waals surface area contributed by atoms with Crippen molar-refractivity contribution < 1.29 is 0 Å². The van der Waals surface area contributed by atoms with Crippen molar-refractivity contribution in [3.63, 3.8) is 0 Å². The van der Waals surface area contributed by atoms with Crippen LogP contribution in [0.1, 0.15) is 17.8 Å². The summed E-state index contributed by atoms with van der Waals surface area (Å²) in [4.78, 5) is 15.7. The van der Waals surface area contributed by atoms with E-state index in [0.717, 1.165) is 41.7 Å². The topological polar surface area (TPSA) is 67.9 Å². The van der Waals surface area contributed by atoms with Gasteiger partial charge in [-0.15, -0.1) is 11.3 Å². The van der Waals surface area contributed by atoms with Gasteiger partial charge in [0.15, 0.2) is 0 Å². The maximum atomic E-state index is 5.81. The number of anilines is 1. The smallest absolute Gasteiger partial charge is 0.226 e. The SMILES string of the molecule is Cc1nc(-c2ccnc(N3CCCC3CN)n2)cs1. The summed E-state index contributed by atoms with van der Waals surface area (Å²) in [6, 6.07) is 2.28. The van der Waals surface area contributed by atoms with Gasteiger partial charge in [0.05, 0.1) is 10.7 Å². The van der Waals surface area contributed by atoms with Crippen LogP contribution in [-0.2, 0) is 0 Å². The van der Waals surface area contributed by atoms with Crippen molar-refractivity contribution >= 4 is 17.3 Å². The molecule has 0 aliphatic carbocycles. The van der Waals surface area contributed by atoms with E-state index in [1.54, 1.807) is 17.5 Å². The van der Waals surface area contributed by atoms with Gasteiger partial charge in [-0.3, -0.25) is 0 Å². The van der Waals surface area contributed by atoms with E-state index in [1.807, 2.05) is 18.4 Å². The standard InChI is InChI=1S/C13H17N5S/c1-9-16-12(8-19-9)11-4-5-15-13(17-11)18-6-2-3-10(18)7-14/h4-5,8,10H,2-3,6-7,14H2,1H3. The Bertz CT molecular complexity index is 568. The highest BCUT2D eigenvalue weighted by atomic mass is 32.1. The zero-order valence-corrected chi connectivity index (χ0v) is 11.7. The van der Waals surface area contributed by atoms with Gasteiger partial charge in [-0.05, 0) is 25.8 Å². The highest BCUT2D eigenvalue weighted by Gasteiger charge is 2.25. The average Bonchev–Trinajstić information content (AvgIpc) is 3.07. The van der Waals surface area contributed by atoms with Crippen LogP contribution in [0.15, 0.2) is 17.6 Å². The van der Waals surface area contributed by atoms with Crippen molar-refractivity contribution in [1.29, 1.82) is 0 Å². The number of thiazole rings is 1. The summed E-state index contributed by atoms with van der Waals surface area (Å²) in [5.74, 6) is 0.774. The Balaban J connectivity index is 1.91. The van der Waals surface area contributed by atoms with Gasteiger partial charge < -0.3 is 10.6 Å².